The number of esters is 1. The molecule has 0 radical (unpaired) electrons. The molecule has 0 aliphatic carbocycles. The lowest BCUT2D eigenvalue weighted by Crippen LogP contribution is -2.52. The van der Waals surface area contributed by atoms with Crippen LogP contribution >= 0.6 is 0 Å². The van der Waals surface area contributed by atoms with Gasteiger partial charge < -0.3 is 20.1 Å². The Labute approximate surface area is 164 Å². The third-order valence-corrected chi connectivity index (χ3v) is 4.02. The number of amides is 2. The lowest BCUT2D eigenvalue weighted by Gasteiger charge is -2.20. The number of hydrogen-bond donors (Lipinski definition) is 2. The first-order valence-corrected chi connectivity index (χ1v) is 8.89. The molecular weight excluding hydrogens is 360 g/mol. The van der Waals surface area contributed by atoms with Crippen molar-refractivity contribution in [3.05, 3.63) is 71.8 Å². The molecule has 0 saturated heterocycles. The van der Waals surface area contributed by atoms with Crippen LogP contribution in [0.4, 0.5) is 4.79 Å². The molecule has 2 unspecified atom stereocenters. The number of alkyl carbamates (subject to hydrolysis) is 1. The first kappa shape index (κ1) is 21.0. The molecule has 0 aromatic heterocycles. The summed E-state index contributed by atoms with van der Waals surface area (Å²) in [5.74, 6) is -1.07. The van der Waals surface area contributed by atoms with E-state index in [4.69, 9.17) is 4.74 Å². The third kappa shape index (κ3) is 6.75. The van der Waals surface area contributed by atoms with Gasteiger partial charge in [-0.25, -0.2) is 9.59 Å². The number of rotatable bonds is 8. The zero-order valence-corrected chi connectivity index (χ0v) is 15.9. The Morgan fingerprint density at radius 3 is 2.04 bits per heavy atom. The number of nitrogens with one attached hydrogen (secondary N) is 2. The van der Waals surface area contributed by atoms with E-state index in [0.29, 0.717) is 0 Å². The quantitative estimate of drug-likeness (QED) is 0.681. The summed E-state index contributed by atoms with van der Waals surface area (Å²) in [6, 6.07) is 16.7. The van der Waals surface area contributed by atoms with Gasteiger partial charge in [0, 0.05) is 6.42 Å². The molecule has 0 aliphatic rings. The maximum absolute atomic E-state index is 12.6. The van der Waals surface area contributed by atoms with E-state index < -0.39 is 30.1 Å². The van der Waals surface area contributed by atoms with Gasteiger partial charge in [-0.05, 0) is 18.1 Å². The average Bonchev–Trinajstić information content (AvgIpc) is 2.72. The Kier molecular flexibility index (Phi) is 8.02. The molecule has 2 atom stereocenters. The van der Waals surface area contributed by atoms with Crippen molar-refractivity contribution in [1.82, 2.24) is 10.6 Å². The summed E-state index contributed by atoms with van der Waals surface area (Å²) in [4.78, 5) is 36.4. The highest BCUT2D eigenvalue weighted by Crippen LogP contribution is 2.06. The molecule has 2 aromatic rings. The first-order valence-electron chi connectivity index (χ1n) is 8.89. The minimum atomic E-state index is -0.905. The Balaban J connectivity index is 2.01. The number of carbonyl (C=O) groups excluding carboxylic acids is 3. The van der Waals surface area contributed by atoms with Crippen LogP contribution in [-0.4, -0.2) is 37.2 Å². The van der Waals surface area contributed by atoms with Crippen LogP contribution in [0.5, 0.6) is 0 Å². The third-order valence-electron chi connectivity index (χ3n) is 4.02. The lowest BCUT2D eigenvalue weighted by atomic mass is 10.1. The smallest absolute Gasteiger partial charge is 0.408 e. The summed E-state index contributed by atoms with van der Waals surface area (Å²) in [5.41, 5.74) is 1.69. The van der Waals surface area contributed by atoms with Crippen LogP contribution in [0.2, 0.25) is 0 Å². The molecule has 7 heteroatoms. The summed E-state index contributed by atoms with van der Waals surface area (Å²) in [6.45, 7) is 1.60. The van der Waals surface area contributed by atoms with Crippen LogP contribution in [0.1, 0.15) is 18.1 Å². The fourth-order valence-corrected chi connectivity index (χ4v) is 2.52. The molecule has 2 amide bonds. The van der Waals surface area contributed by atoms with Crippen LogP contribution in [0.3, 0.4) is 0 Å². The van der Waals surface area contributed by atoms with Crippen molar-refractivity contribution >= 4 is 18.0 Å². The summed E-state index contributed by atoms with van der Waals surface area (Å²) >= 11 is 0. The fourth-order valence-electron chi connectivity index (χ4n) is 2.52. The van der Waals surface area contributed by atoms with Gasteiger partial charge in [-0.3, -0.25) is 4.79 Å². The van der Waals surface area contributed by atoms with Crippen LogP contribution in [0.15, 0.2) is 60.7 Å². The van der Waals surface area contributed by atoms with Crippen LogP contribution < -0.4 is 10.6 Å². The van der Waals surface area contributed by atoms with Gasteiger partial charge in [-0.1, -0.05) is 60.7 Å². The van der Waals surface area contributed by atoms with Gasteiger partial charge in [0.15, 0.2) is 0 Å². The Morgan fingerprint density at radius 1 is 0.893 bits per heavy atom. The molecule has 0 fully saturated rings. The van der Waals surface area contributed by atoms with Crippen LogP contribution in [0.25, 0.3) is 0 Å². The maximum Gasteiger partial charge on any atom is 0.408 e. The minimum Gasteiger partial charge on any atom is -0.467 e. The van der Waals surface area contributed by atoms with Gasteiger partial charge in [0.25, 0.3) is 0 Å². The van der Waals surface area contributed by atoms with E-state index >= 15 is 0 Å². The molecule has 0 aliphatic heterocycles. The van der Waals surface area contributed by atoms with Crippen molar-refractivity contribution in [1.29, 1.82) is 0 Å². The molecule has 7 nitrogen and oxygen atoms in total. The summed E-state index contributed by atoms with van der Waals surface area (Å²) < 4.78 is 9.81. The topological polar surface area (TPSA) is 93.7 Å². The number of methoxy groups -OCH3 is 1. The monoisotopic (exact) mass is 384 g/mol. The molecule has 0 bridgehead atoms. The van der Waals surface area contributed by atoms with E-state index in [1.807, 2.05) is 60.7 Å². The number of ether oxygens (including phenoxy) is 2. The summed E-state index contributed by atoms with van der Waals surface area (Å²) in [5, 5.41) is 5.12. The van der Waals surface area contributed by atoms with Gasteiger partial charge in [-0.15, -0.1) is 0 Å². The Bertz CT molecular complexity index is 780. The van der Waals surface area contributed by atoms with Crippen molar-refractivity contribution in [3.8, 4) is 0 Å². The molecule has 2 rings (SSSR count). The van der Waals surface area contributed by atoms with Gasteiger partial charge in [0.05, 0.1) is 7.11 Å². The molecule has 0 spiro atoms. The van der Waals surface area contributed by atoms with Crippen molar-refractivity contribution in [2.45, 2.75) is 32.0 Å². The van der Waals surface area contributed by atoms with E-state index in [2.05, 4.69) is 15.4 Å². The van der Waals surface area contributed by atoms with Crippen LogP contribution in [0, 0.1) is 0 Å². The molecule has 2 N–H and O–H groups in total. The maximum atomic E-state index is 12.6. The fraction of sp³-hybridized carbons (Fsp3) is 0.286. The normalized spacial score (nSPS) is 12.4. The molecule has 28 heavy (non-hydrogen) atoms. The molecule has 0 heterocycles. The van der Waals surface area contributed by atoms with Crippen molar-refractivity contribution in [3.63, 3.8) is 0 Å². The zero-order chi connectivity index (χ0) is 20.4. The second kappa shape index (κ2) is 10.7. The average molecular weight is 384 g/mol. The predicted octanol–water partition coefficient (Wildman–Crippen LogP) is 2.20. The van der Waals surface area contributed by atoms with E-state index in [-0.39, 0.29) is 13.0 Å². The van der Waals surface area contributed by atoms with E-state index in [1.54, 1.807) is 0 Å². The van der Waals surface area contributed by atoms with Crippen molar-refractivity contribution in [2.75, 3.05) is 7.11 Å². The number of hydrogen-bond acceptors (Lipinski definition) is 5. The standard InChI is InChI=1S/C21H24N2O5/c1-15(20(25)27-2)22-19(24)18(13-16-9-5-3-6-10-16)23-21(26)28-14-17-11-7-4-8-12-17/h3-12,15,18H,13-14H2,1-2H3,(H,22,24)(H,23,26). The lowest BCUT2D eigenvalue weighted by molar-refractivity contribution is -0.144. The Hall–Kier alpha value is -3.35. The second-order valence-electron chi connectivity index (χ2n) is 6.20. The van der Waals surface area contributed by atoms with Gasteiger partial charge in [0.2, 0.25) is 5.91 Å². The van der Waals surface area contributed by atoms with Crippen LogP contribution in [-0.2, 0) is 32.1 Å². The van der Waals surface area contributed by atoms with Crippen molar-refractivity contribution in [2.24, 2.45) is 0 Å². The van der Waals surface area contributed by atoms with Gasteiger partial charge >= 0.3 is 12.1 Å². The SMILES string of the molecule is COC(=O)C(C)NC(=O)C(Cc1ccccc1)NC(=O)OCc1ccccc1. The molecule has 148 valence electrons. The van der Waals surface area contributed by atoms with E-state index in [1.165, 1.54) is 14.0 Å². The minimum absolute atomic E-state index is 0.0882. The largest absolute Gasteiger partial charge is 0.467 e. The van der Waals surface area contributed by atoms with E-state index in [0.717, 1.165) is 11.1 Å². The molecule has 2 aromatic carbocycles. The zero-order valence-electron chi connectivity index (χ0n) is 15.9. The van der Waals surface area contributed by atoms with Crippen molar-refractivity contribution < 1.29 is 23.9 Å². The van der Waals surface area contributed by atoms with E-state index in [9.17, 15) is 14.4 Å². The highest BCUT2D eigenvalue weighted by Gasteiger charge is 2.25. The first-order chi connectivity index (χ1) is 13.5. The number of benzene rings is 2. The summed E-state index contributed by atoms with van der Waals surface area (Å²) in [6.07, 6.45) is -0.466. The highest BCUT2D eigenvalue weighted by atomic mass is 16.5. The predicted molar refractivity (Wildman–Crippen MR) is 103 cm³/mol. The van der Waals surface area contributed by atoms with Gasteiger partial charge in [0.1, 0.15) is 18.7 Å². The highest BCUT2D eigenvalue weighted by molar-refractivity contribution is 5.89. The number of carbonyl (C=O) groups is 3. The second-order valence-corrected chi connectivity index (χ2v) is 6.20. The van der Waals surface area contributed by atoms with Gasteiger partial charge in [-0.2, -0.15) is 0 Å². The molecule has 0 saturated carbocycles. The molecular formula is C21H24N2O5. The summed E-state index contributed by atoms with van der Waals surface area (Å²) in [7, 11) is 1.24. The Morgan fingerprint density at radius 2 is 1.46 bits per heavy atom.